The summed E-state index contributed by atoms with van der Waals surface area (Å²) in [5.74, 6) is 0.199. The maximum atomic E-state index is 12.7. The van der Waals surface area contributed by atoms with Gasteiger partial charge in [0.2, 0.25) is 10.0 Å². The molecule has 0 amide bonds. The molecule has 1 saturated heterocycles. The molecule has 1 aliphatic rings. The average Bonchev–Trinajstić information content (AvgIpc) is 2.41. The van der Waals surface area contributed by atoms with Gasteiger partial charge in [0.05, 0.1) is 5.02 Å². The number of benzene rings is 1. The molecule has 1 aliphatic heterocycles. The van der Waals surface area contributed by atoms with Gasteiger partial charge in [0.15, 0.2) is 0 Å². The lowest BCUT2D eigenvalue weighted by Gasteiger charge is -2.34. The van der Waals surface area contributed by atoms with Gasteiger partial charge in [-0.05, 0) is 53.7 Å². The van der Waals surface area contributed by atoms with E-state index in [2.05, 4.69) is 15.9 Å². The maximum absolute atomic E-state index is 12.7. The number of sulfonamides is 1. The third-order valence-electron chi connectivity index (χ3n) is 3.70. The first-order chi connectivity index (χ1) is 9.34. The molecule has 21 heavy (non-hydrogen) atoms. The van der Waals surface area contributed by atoms with Crippen LogP contribution in [0.25, 0.3) is 0 Å². The summed E-state index contributed by atoms with van der Waals surface area (Å²) in [6.07, 6.45) is 1.80. The van der Waals surface area contributed by atoms with Crippen molar-refractivity contribution in [1.29, 1.82) is 0 Å². The summed E-state index contributed by atoms with van der Waals surface area (Å²) in [6.45, 7) is 2.91. The van der Waals surface area contributed by atoms with Gasteiger partial charge in [-0.1, -0.05) is 17.7 Å². The summed E-state index contributed by atoms with van der Waals surface area (Å²) in [5.41, 5.74) is 5.91. The minimum atomic E-state index is -3.57. The quantitative estimate of drug-likeness (QED) is 0.820. The molecule has 1 aromatic rings. The lowest BCUT2D eigenvalue weighted by molar-refractivity contribution is 0.243. The van der Waals surface area contributed by atoms with Gasteiger partial charge in [0, 0.05) is 23.6 Å². The fourth-order valence-electron chi connectivity index (χ4n) is 2.44. The van der Waals surface area contributed by atoms with Gasteiger partial charge >= 0.3 is 0 Å². The molecule has 4 nitrogen and oxygen atoms in total. The van der Waals surface area contributed by atoms with Crippen molar-refractivity contribution in [2.45, 2.75) is 30.7 Å². The Morgan fingerprint density at radius 1 is 1.48 bits per heavy atom. The van der Waals surface area contributed by atoms with E-state index < -0.39 is 10.0 Å². The molecular formula is C13H19BrCl2N2O2S. The van der Waals surface area contributed by atoms with Crippen LogP contribution in [0, 0.1) is 5.92 Å². The Morgan fingerprint density at radius 3 is 2.76 bits per heavy atom. The molecule has 0 aromatic heterocycles. The minimum Gasteiger partial charge on any atom is -0.328 e. The molecule has 8 heteroatoms. The molecule has 0 saturated carbocycles. The Bertz CT molecular complexity index is 596. The first kappa shape index (κ1) is 19.2. The predicted molar refractivity (Wildman–Crippen MR) is 91.5 cm³/mol. The van der Waals surface area contributed by atoms with Crippen molar-refractivity contribution in [3.63, 3.8) is 0 Å². The largest absolute Gasteiger partial charge is 0.328 e. The first-order valence-electron chi connectivity index (χ1n) is 6.53. The Morgan fingerprint density at radius 2 is 2.14 bits per heavy atom. The highest BCUT2D eigenvalue weighted by Gasteiger charge is 2.33. The van der Waals surface area contributed by atoms with Gasteiger partial charge in [-0.25, -0.2) is 8.42 Å². The summed E-state index contributed by atoms with van der Waals surface area (Å²) in [5, 5.41) is 0.232. The molecule has 2 unspecified atom stereocenters. The highest BCUT2D eigenvalue weighted by atomic mass is 79.9. The topological polar surface area (TPSA) is 63.4 Å². The predicted octanol–water partition coefficient (Wildman–Crippen LogP) is 3.27. The van der Waals surface area contributed by atoms with Crippen molar-refractivity contribution in [2.75, 3.05) is 13.1 Å². The van der Waals surface area contributed by atoms with Gasteiger partial charge in [0.1, 0.15) is 4.90 Å². The fraction of sp³-hybridized carbons (Fsp3) is 0.538. The zero-order valence-corrected chi connectivity index (χ0v) is 15.6. The van der Waals surface area contributed by atoms with Crippen LogP contribution in [-0.2, 0) is 10.0 Å². The summed E-state index contributed by atoms with van der Waals surface area (Å²) < 4.78 is 27.5. The number of nitrogens with two attached hydrogens (primary N) is 1. The van der Waals surface area contributed by atoms with Crippen LogP contribution in [0.1, 0.15) is 19.8 Å². The molecule has 1 aromatic carbocycles. The average molecular weight is 418 g/mol. The summed E-state index contributed by atoms with van der Waals surface area (Å²) >= 11 is 9.38. The van der Waals surface area contributed by atoms with E-state index in [4.69, 9.17) is 17.3 Å². The number of rotatable bonds is 3. The highest BCUT2D eigenvalue weighted by Crippen LogP contribution is 2.33. The SMILES string of the molecule is CC(N)C1CCCN(S(=O)(=O)c2cccc(Br)c2Cl)C1.Cl. The van der Waals surface area contributed by atoms with E-state index in [1.165, 1.54) is 10.4 Å². The summed E-state index contributed by atoms with van der Waals surface area (Å²) in [6, 6.07) is 4.93. The van der Waals surface area contributed by atoms with Crippen LogP contribution in [0.15, 0.2) is 27.6 Å². The molecule has 1 fully saturated rings. The Labute approximate surface area is 145 Å². The third kappa shape index (κ3) is 4.12. The molecule has 2 atom stereocenters. The Hall–Kier alpha value is 0.150. The molecule has 0 spiro atoms. The van der Waals surface area contributed by atoms with Crippen molar-refractivity contribution in [2.24, 2.45) is 11.7 Å². The van der Waals surface area contributed by atoms with Crippen molar-refractivity contribution in [1.82, 2.24) is 4.31 Å². The van der Waals surface area contributed by atoms with Crippen LogP contribution in [0.4, 0.5) is 0 Å². The van der Waals surface area contributed by atoms with Crippen LogP contribution in [-0.4, -0.2) is 31.9 Å². The second-order valence-corrected chi connectivity index (χ2v) is 8.32. The van der Waals surface area contributed by atoms with E-state index in [0.29, 0.717) is 17.6 Å². The molecule has 2 N–H and O–H groups in total. The number of nitrogens with zero attached hydrogens (tertiary/aromatic N) is 1. The van der Waals surface area contributed by atoms with Crippen LogP contribution >= 0.6 is 39.9 Å². The van der Waals surface area contributed by atoms with Crippen molar-refractivity contribution in [3.05, 3.63) is 27.7 Å². The second-order valence-electron chi connectivity index (χ2n) is 5.18. The fourth-order valence-corrected chi connectivity index (χ4v) is 4.98. The highest BCUT2D eigenvalue weighted by molar-refractivity contribution is 9.10. The van der Waals surface area contributed by atoms with E-state index in [-0.39, 0.29) is 34.3 Å². The molecule has 0 aliphatic carbocycles. The number of piperidine rings is 1. The third-order valence-corrected chi connectivity index (χ3v) is 7.01. The molecule has 120 valence electrons. The van der Waals surface area contributed by atoms with E-state index in [1.807, 2.05) is 6.92 Å². The van der Waals surface area contributed by atoms with Crippen LogP contribution in [0.3, 0.4) is 0 Å². The van der Waals surface area contributed by atoms with Crippen LogP contribution < -0.4 is 5.73 Å². The molecule has 1 heterocycles. The van der Waals surface area contributed by atoms with Crippen LogP contribution in [0.2, 0.25) is 5.02 Å². The monoisotopic (exact) mass is 416 g/mol. The Kier molecular flexibility index (Phi) is 6.96. The van der Waals surface area contributed by atoms with Crippen molar-refractivity contribution in [3.8, 4) is 0 Å². The van der Waals surface area contributed by atoms with Gasteiger partial charge in [-0.2, -0.15) is 4.31 Å². The molecule has 0 bridgehead atoms. The van der Waals surface area contributed by atoms with E-state index in [0.717, 1.165) is 12.8 Å². The Balaban J connectivity index is 0.00000220. The second kappa shape index (κ2) is 7.62. The van der Waals surface area contributed by atoms with E-state index in [1.54, 1.807) is 12.1 Å². The van der Waals surface area contributed by atoms with Gasteiger partial charge in [0.25, 0.3) is 0 Å². The van der Waals surface area contributed by atoms with E-state index in [9.17, 15) is 8.42 Å². The standard InChI is InChI=1S/C13H18BrClN2O2S.ClH/c1-9(16)10-4-3-7-17(8-10)20(18,19)12-6-2-5-11(14)13(12)15;/h2,5-6,9-10H,3-4,7-8,16H2,1H3;1H. The lowest BCUT2D eigenvalue weighted by Crippen LogP contribution is -2.45. The van der Waals surface area contributed by atoms with Crippen LogP contribution in [0.5, 0.6) is 0 Å². The van der Waals surface area contributed by atoms with Gasteiger partial charge < -0.3 is 5.73 Å². The number of hydrogen-bond donors (Lipinski definition) is 1. The lowest BCUT2D eigenvalue weighted by atomic mass is 9.93. The smallest absolute Gasteiger partial charge is 0.244 e. The zero-order chi connectivity index (χ0) is 14.9. The molecule has 2 rings (SSSR count). The maximum Gasteiger partial charge on any atom is 0.244 e. The zero-order valence-electron chi connectivity index (χ0n) is 11.6. The van der Waals surface area contributed by atoms with E-state index >= 15 is 0 Å². The normalized spacial score (nSPS) is 21.6. The number of halogens is 3. The van der Waals surface area contributed by atoms with Crippen molar-refractivity contribution >= 4 is 50.0 Å². The number of hydrogen-bond acceptors (Lipinski definition) is 3. The first-order valence-corrected chi connectivity index (χ1v) is 9.15. The minimum absolute atomic E-state index is 0. The summed E-state index contributed by atoms with van der Waals surface area (Å²) in [7, 11) is -3.57. The molecular weight excluding hydrogens is 399 g/mol. The van der Waals surface area contributed by atoms with Gasteiger partial charge in [-0.15, -0.1) is 12.4 Å². The van der Waals surface area contributed by atoms with Crippen molar-refractivity contribution < 1.29 is 8.42 Å². The summed E-state index contributed by atoms with van der Waals surface area (Å²) in [4.78, 5) is 0.152. The van der Waals surface area contributed by atoms with Gasteiger partial charge in [-0.3, -0.25) is 0 Å². The molecule has 0 radical (unpaired) electrons.